The zero-order valence-electron chi connectivity index (χ0n) is 28.0. The van der Waals surface area contributed by atoms with E-state index in [0.29, 0.717) is 0 Å². The number of benzene rings is 8. The van der Waals surface area contributed by atoms with Crippen molar-refractivity contribution >= 4 is 43.5 Å². The molecule has 0 unspecified atom stereocenters. The first kappa shape index (κ1) is 29.2. The largest absolute Gasteiger partial charge is 0.456 e. The first-order valence-electron chi connectivity index (χ1n) is 17.1. The van der Waals surface area contributed by atoms with Crippen molar-refractivity contribution in [2.75, 3.05) is 0 Å². The zero-order chi connectivity index (χ0) is 33.1. The molecule has 0 saturated carbocycles. The Bertz CT molecular complexity index is 2670. The van der Waals surface area contributed by atoms with Crippen LogP contribution in [0, 0.1) is 0 Å². The van der Waals surface area contributed by atoms with E-state index < -0.39 is 0 Å². The number of furan rings is 1. The maximum atomic E-state index is 6.26. The van der Waals surface area contributed by atoms with Crippen LogP contribution < -0.4 is 0 Å². The van der Waals surface area contributed by atoms with Gasteiger partial charge in [0, 0.05) is 10.8 Å². The van der Waals surface area contributed by atoms with E-state index in [-0.39, 0.29) is 5.41 Å². The number of rotatable bonds is 4. The van der Waals surface area contributed by atoms with E-state index in [1.807, 2.05) is 0 Å². The van der Waals surface area contributed by atoms with Gasteiger partial charge in [0.25, 0.3) is 0 Å². The van der Waals surface area contributed by atoms with Gasteiger partial charge in [-0.3, -0.25) is 0 Å². The van der Waals surface area contributed by atoms with Crippen molar-refractivity contribution in [1.82, 2.24) is 0 Å². The number of fused-ring (bicyclic) bond motifs is 5. The molecular formula is C48H36O. The Morgan fingerprint density at radius 3 is 1.39 bits per heavy atom. The van der Waals surface area contributed by atoms with Crippen LogP contribution in [0.3, 0.4) is 0 Å². The second-order valence-corrected chi connectivity index (χ2v) is 14.1. The highest BCUT2D eigenvalue weighted by atomic mass is 16.3. The summed E-state index contributed by atoms with van der Waals surface area (Å²) >= 11 is 0. The van der Waals surface area contributed by atoms with Gasteiger partial charge in [0.1, 0.15) is 11.2 Å². The molecule has 0 aliphatic heterocycles. The van der Waals surface area contributed by atoms with Gasteiger partial charge >= 0.3 is 0 Å². The van der Waals surface area contributed by atoms with Crippen molar-refractivity contribution in [3.05, 3.63) is 169 Å². The van der Waals surface area contributed by atoms with Gasteiger partial charge in [-0.2, -0.15) is 0 Å². The Morgan fingerprint density at radius 2 is 0.776 bits per heavy atom. The number of hydrogen-bond acceptors (Lipinski definition) is 1. The van der Waals surface area contributed by atoms with Crippen LogP contribution in [-0.4, -0.2) is 0 Å². The fourth-order valence-electron chi connectivity index (χ4n) is 7.49. The lowest BCUT2D eigenvalue weighted by molar-refractivity contribution is 0.590. The minimum Gasteiger partial charge on any atom is -0.456 e. The summed E-state index contributed by atoms with van der Waals surface area (Å²) in [5.41, 5.74) is 13.0. The van der Waals surface area contributed by atoms with Crippen LogP contribution in [0.15, 0.2) is 168 Å². The highest BCUT2D eigenvalue weighted by Crippen LogP contribution is 2.45. The Hall–Kier alpha value is -5.92. The van der Waals surface area contributed by atoms with E-state index in [4.69, 9.17) is 4.42 Å². The van der Waals surface area contributed by atoms with E-state index in [1.54, 1.807) is 0 Å². The highest BCUT2D eigenvalue weighted by molar-refractivity contribution is 6.22. The lowest BCUT2D eigenvalue weighted by Crippen LogP contribution is -2.10. The van der Waals surface area contributed by atoms with Crippen LogP contribution in [0.1, 0.15) is 26.3 Å². The fourth-order valence-corrected chi connectivity index (χ4v) is 7.49. The summed E-state index contributed by atoms with van der Waals surface area (Å²) in [6.45, 7) is 6.77. The molecule has 9 aromatic rings. The maximum Gasteiger partial charge on any atom is 0.135 e. The van der Waals surface area contributed by atoms with Gasteiger partial charge in [0.05, 0.1) is 0 Å². The fraction of sp³-hybridized carbons (Fsp3) is 0.0833. The van der Waals surface area contributed by atoms with Gasteiger partial charge in [-0.05, 0) is 113 Å². The van der Waals surface area contributed by atoms with Crippen LogP contribution in [0.2, 0.25) is 0 Å². The molecule has 0 N–H and O–H groups in total. The summed E-state index contributed by atoms with van der Waals surface area (Å²) in [6, 6.07) is 59.7. The summed E-state index contributed by atoms with van der Waals surface area (Å²) in [7, 11) is 0. The molecule has 234 valence electrons. The Labute approximate surface area is 287 Å². The van der Waals surface area contributed by atoms with E-state index in [9.17, 15) is 0 Å². The van der Waals surface area contributed by atoms with Gasteiger partial charge in [0.15, 0.2) is 0 Å². The third kappa shape index (κ3) is 5.02. The summed E-state index contributed by atoms with van der Waals surface area (Å²) < 4.78 is 6.26. The van der Waals surface area contributed by atoms with Gasteiger partial charge in [-0.15, -0.1) is 0 Å². The first-order valence-corrected chi connectivity index (χ1v) is 17.1. The second-order valence-electron chi connectivity index (χ2n) is 14.1. The molecule has 0 saturated heterocycles. The average Bonchev–Trinajstić information content (AvgIpc) is 3.51. The average molecular weight is 629 g/mol. The van der Waals surface area contributed by atoms with Crippen LogP contribution in [0.25, 0.3) is 88.0 Å². The van der Waals surface area contributed by atoms with Crippen molar-refractivity contribution < 1.29 is 4.42 Å². The van der Waals surface area contributed by atoms with Gasteiger partial charge in [-0.1, -0.05) is 148 Å². The van der Waals surface area contributed by atoms with Gasteiger partial charge < -0.3 is 4.42 Å². The van der Waals surface area contributed by atoms with Crippen molar-refractivity contribution in [1.29, 1.82) is 0 Å². The van der Waals surface area contributed by atoms with Crippen molar-refractivity contribution in [3.8, 4) is 44.5 Å². The van der Waals surface area contributed by atoms with Crippen molar-refractivity contribution in [2.45, 2.75) is 26.2 Å². The third-order valence-corrected chi connectivity index (χ3v) is 10.0. The highest BCUT2D eigenvalue weighted by Gasteiger charge is 2.19. The topological polar surface area (TPSA) is 13.1 Å². The summed E-state index contributed by atoms with van der Waals surface area (Å²) in [6.07, 6.45) is 0. The van der Waals surface area contributed by atoms with Gasteiger partial charge in [0.2, 0.25) is 0 Å². The Morgan fingerprint density at radius 1 is 0.327 bits per heavy atom. The minimum absolute atomic E-state index is 0.0676. The predicted octanol–water partition coefficient (Wildman–Crippen LogP) is 13.9. The van der Waals surface area contributed by atoms with Crippen LogP contribution in [-0.2, 0) is 5.41 Å². The van der Waals surface area contributed by atoms with Crippen molar-refractivity contribution in [2.24, 2.45) is 0 Å². The molecule has 0 atom stereocenters. The maximum absolute atomic E-state index is 6.26. The molecule has 0 fully saturated rings. The standard InChI is InChI=1S/C48H36O/c1-48(2,3)37-23-26-45-42(30-37)41-28-36(22-25-44(41)49-45)34-18-12-17-33(27-34)35-21-24-40-43(29-35)47(32-15-8-5-9-16-32)39-20-11-10-19-38(39)46(40)31-13-6-4-7-14-31/h4-30H,1-3H3. The lowest BCUT2D eigenvalue weighted by atomic mass is 9.85. The van der Waals surface area contributed by atoms with E-state index >= 15 is 0 Å². The SMILES string of the molecule is CC(C)(C)c1ccc2oc3ccc(-c4cccc(-c5ccc6c(-c7ccccc7)c7ccccc7c(-c7ccccc7)c6c5)c4)cc3c2c1. The zero-order valence-corrected chi connectivity index (χ0v) is 28.0. The normalized spacial score (nSPS) is 12.0. The van der Waals surface area contributed by atoms with Crippen LogP contribution >= 0.6 is 0 Å². The smallest absolute Gasteiger partial charge is 0.135 e. The molecule has 1 nitrogen and oxygen atoms in total. The Balaban J connectivity index is 1.23. The Kier molecular flexibility index (Phi) is 6.78. The van der Waals surface area contributed by atoms with E-state index in [1.165, 1.54) is 77.0 Å². The predicted molar refractivity (Wildman–Crippen MR) is 209 cm³/mol. The molecule has 0 aliphatic rings. The first-order chi connectivity index (χ1) is 23.9. The van der Waals surface area contributed by atoms with E-state index in [2.05, 4.69) is 185 Å². The summed E-state index contributed by atoms with van der Waals surface area (Å²) in [4.78, 5) is 0. The molecule has 9 rings (SSSR count). The van der Waals surface area contributed by atoms with Crippen molar-refractivity contribution in [3.63, 3.8) is 0 Å². The minimum atomic E-state index is 0.0676. The molecule has 49 heavy (non-hydrogen) atoms. The molecule has 0 radical (unpaired) electrons. The van der Waals surface area contributed by atoms with E-state index in [0.717, 1.165) is 16.6 Å². The van der Waals surface area contributed by atoms with Gasteiger partial charge in [-0.25, -0.2) is 0 Å². The van der Waals surface area contributed by atoms with Crippen LogP contribution in [0.5, 0.6) is 0 Å². The molecule has 0 bridgehead atoms. The number of hydrogen-bond donors (Lipinski definition) is 0. The monoisotopic (exact) mass is 628 g/mol. The molecule has 1 aromatic heterocycles. The molecule has 0 aliphatic carbocycles. The summed E-state index contributed by atoms with van der Waals surface area (Å²) in [5.74, 6) is 0. The second kappa shape index (κ2) is 11.4. The van der Waals surface area contributed by atoms with Crippen LogP contribution in [0.4, 0.5) is 0 Å². The quantitative estimate of drug-likeness (QED) is 0.177. The third-order valence-electron chi connectivity index (χ3n) is 10.0. The lowest BCUT2D eigenvalue weighted by Gasteiger charge is -2.19. The molecule has 1 heterocycles. The summed E-state index contributed by atoms with van der Waals surface area (Å²) in [5, 5.41) is 7.38. The molecule has 0 amide bonds. The molecule has 8 aromatic carbocycles. The molecule has 1 heteroatoms. The molecular weight excluding hydrogens is 593 g/mol. The molecule has 0 spiro atoms.